The van der Waals surface area contributed by atoms with Crippen molar-refractivity contribution < 1.29 is 13.2 Å². The fourth-order valence-electron chi connectivity index (χ4n) is 1.58. The summed E-state index contributed by atoms with van der Waals surface area (Å²) < 4.78 is 25.5. The van der Waals surface area contributed by atoms with Gasteiger partial charge in [-0.15, -0.1) is 11.3 Å². The molecule has 1 aromatic carbocycles. The Morgan fingerprint density at radius 3 is 2.71 bits per heavy atom. The molecule has 1 heterocycles. The summed E-state index contributed by atoms with van der Waals surface area (Å²) >= 11 is 1.44. The maximum atomic E-state index is 11.7. The van der Waals surface area contributed by atoms with Crippen LogP contribution in [0.3, 0.4) is 0 Å². The van der Waals surface area contributed by atoms with Crippen molar-refractivity contribution in [2.45, 2.75) is 12.8 Å². The van der Waals surface area contributed by atoms with Gasteiger partial charge in [0.25, 0.3) is 10.0 Å². The van der Waals surface area contributed by atoms with Crippen molar-refractivity contribution in [3.05, 3.63) is 57.9 Å². The molecule has 1 aromatic heterocycles. The Morgan fingerprint density at radius 2 is 2.05 bits per heavy atom. The zero-order valence-corrected chi connectivity index (χ0v) is 12.7. The second-order valence-electron chi connectivity index (χ2n) is 4.26. The highest BCUT2D eigenvalue weighted by Crippen LogP contribution is 2.05. The van der Waals surface area contributed by atoms with Crippen molar-refractivity contribution in [2.75, 3.05) is 0 Å². The normalized spacial score (nSPS) is 11.6. The van der Waals surface area contributed by atoms with E-state index in [4.69, 9.17) is 0 Å². The summed E-state index contributed by atoms with van der Waals surface area (Å²) in [5, 5.41) is 2.82. The number of hydrogen-bond acceptors (Lipinski definition) is 5. The monoisotopic (exact) mass is 322 g/mol. The lowest BCUT2D eigenvalue weighted by molar-refractivity contribution is -0.119. The van der Waals surface area contributed by atoms with Gasteiger partial charge in [-0.25, -0.2) is 18.1 Å². The number of nitrogens with one attached hydrogen (secondary N) is 1. The molecule has 0 aliphatic heterocycles. The molecule has 0 aliphatic carbocycles. The van der Waals surface area contributed by atoms with Crippen molar-refractivity contribution in [3.63, 3.8) is 0 Å². The lowest BCUT2D eigenvalue weighted by Crippen LogP contribution is -2.28. The first-order chi connectivity index (χ1) is 10.1. The Morgan fingerprint density at radius 1 is 1.29 bits per heavy atom. The Labute approximate surface area is 127 Å². The number of thiazole rings is 1. The molecule has 0 bridgehead atoms. The first-order valence-corrected chi connectivity index (χ1v) is 8.70. The smallest absolute Gasteiger partial charge is 0.257 e. The second kappa shape index (κ2) is 7.14. The van der Waals surface area contributed by atoms with Crippen LogP contribution in [0.2, 0.25) is 0 Å². The molecule has 1 N–H and O–H groups in total. The largest absolute Gasteiger partial charge is 0.274 e. The number of hydrogen-bond donors (Lipinski definition) is 1. The summed E-state index contributed by atoms with van der Waals surface area (Å²) in [6.45, 7) is 0. The van der Waals surface area contributed by atoms with Gasteiger partial charge in [0.15, 0.2) is 0 Å². The third-order valence-corrected chi connectivity index (χ3v) is 4.23. The Kier molecular flexibility index (Phi) is 5.24. The van der Waals surface area contributed by atoms with Crippen LogP contribution in [0.5, 0.6) is 0 Å². The maximum absolute atomic E-state index is 11.7. The molecule has 0 fully saturated rings. The topological polar surface area (TPSA) is 76.1 Å². The van der Waals surface area contributed by atoms with Gasteiger partial charge < -0.3 is 0 Å². The first-order valence-electron chi connectivity index (χ1n) is 6.21. The van der Waals surface area contributed by atoms with Crippen LogP contribution in [-0.2, 0) is 21.2 Å². The molecule has 21 heavy (non-hydrogen) atoms. The van der Waals surface area contributed by atoms with Crippen LogP contribution in [0.15, 0.2) is 46.6 Å². The summed E-state index contributed by atoms with van der Waals surface area (Å²) in [6, 6.07) is 9.00. The summed E-state index contributed by atoms with van der Waals surface area (Å²) in [4.78, 5) is 15.7. The van der Waals surface area contributed by atoms with E-state index in [0.29, 0.717) is 6.42 Å². The van der Waals surface area contributed by atoms with Crippen LogP contribution in [0, 0.1) is 0 Å². The number of carbonyl (C=O) groups excluding carboxylic acids is 1. The SMILES string of the molecule is O=C(CCc1cscn1)NS(=O)(=O)/C=C/c1ccccc1. The Hall–Kier alpha value is -1.99. The molecular formula is C14H14N2O3S2. The number of benzene rings is 1. The van der Waals surface area contributed by atoms with E-state index in [0.717, 1.165) is 16.7 Å². The number of sulfonamides is 1. The first kappa shape index (κ1) is 15.4. The van der Waals surface area contributed by atoms with E-state index >= 15 is 0 Å². The van der Waals surface area contributed by atoms with Gasteiger partial charge in [-0.1, -0.05) is 30.3 Å². The zero-order chi connectivity index (χ0) is 15.1. The predicted octanol–water partition coefficient (Wildman–Crippen LogP) is 2.19. The lowest BCUT2D eigenvalue weighted by Gasteiger charge is -2.02. The molecule has 0 atom stereocenters. The van der Waals surface area contributed by atoms with Gasteiger partial charge in [0, 0.05) is 11.8 Å². The van der Waals surface area contributed by atoms with Gasteiger partial charge in [-0.2, -0.15) is 0 Å². The molecule has 0 unspecified atom stereocenters. The number of amides is 1. The fourth-order valence-corrected chi connectivity index (χ4v) is 3.00. The average Bonchev–Trinajstić information content (AvgIpc) is 2.97. The minimum atomic E-state index is -3.77. The Balaban J connectivity index is 1.88. The van der Waals surface area contributed by atoms with Crippen LogP contribution in [0.1, 0.15) is 17.7 Å². The zero-order valence-electron chi connectivity index (χ0n) is 11.1. The number of rotatable bonds is 6. The highest BCUT2D eigenvalue weighted by Gasteiger charge is 2.11. The highest BCUT2D eigenvalue weighted by molar-refractivity contribution is 7.93. The van der Waals surface area contributed by atoms with Gasteiger partial charge in [0.2, 0.25) is 5.91 Å². The fraction of sp³-hybridized carbons (Fsp3) is 0.143. The molecule has 1 amide bonds. The molecule has 0 aliphatic rings. The molecule has 5 nitrogen and oxygen atoms in total. The summed E-state index contributed by atoms with van der Waals surface area (Å²) in [5.74, 6) is -0.541. The van der Waals surface area contributed by atoms with Gasteiger partial charge in [0.1, 0.15) is 0 Å². The van der Waals surface area contributed by atoms with Crippen molar-refractivity contribution in [3.8, 4) is 0 Å². The highest BCUT2D eigenvalue weighted by atomic mass is 32.2. The van der Waals surface area contributed by atoms with Crippen LogP contribution < -0.4 is 4.72 Å². The molecule has 0 saturated heterocycles. The minimum Gasteiger partial charge on any atom is -0.274 e. The van der Waals surface area contributed by atoms with Crippen molar-refractivity contribution in [1.29, 1.82) is 0 Å². The van der Waals surface area contributed by atoms with E-state index in [2.05, 4.69) is 4.98 Å². The van der Waals surface area contributed by atoms with Crippen molar-refractivity contribution in [1.82, 2.24) is 9.71 Å². The van der Waals surface area contributed by atoms with E-state index in [1.165, 1.54) is 17.4 Å². The molecule has 0 spiro atoms. The number of nitrogens with zero attached hydrogens (tertiary/aromatic N) is 1. The third-order valence-electron chi connectivity index (χ3n) is 2.59. The van der Waals surface area contributed by atoms with E-state index in [1.54, 1.807) is 29.8 Å². The van der Waals surface area contributed by atoms with Gasteiger partial charge in [-0.3, -0.25) is 4.79 Å². The number of carbonyl (C=O) groups is 1. The van der Waals surface area contributed by atoms with Crippen molar-refractivity contribution >= 4 is 33.3 Å². The van der Waals surface area contributed by atoms with Gasteiger partial charge in [0.05, 0.1) is 16.6 Å². The molecule has 110 valence electrons. The molecule has 0 radical (unpaired) electrons. The predicted molar refractivity (Wildman–Crippen MR) is 83.0 cm³/mol. The van der Waals surface area contributed by atoms with Gasteiger partial charge in [-0.05, 0) is 18.1 Å². The molecule has 7 heteroatoms. The van der Waals surface area contributed by atoms with Crippen LogP contribution in [-0.4, -0.2) is 19.3 Å². The average molecular weight is 322 g/mol. The number of aromatic nitrogens is 1. The third kappa shape index (κ3) is 5.49. The number of aryl methyl sites for hydroxylation is 1. The van der Waals surface area contributed by atoms with Crippen LogP contribution in [0.25, 0.3) is 6.08 Å². The molecule has 0 saturated carbocycles. The second-order valence-corrected chi connectivity index (χ2v) is 6.55. The van der Waals surface area contributed by atoms with Crippen molar-refractivity contribution in [2.24, 2.45) is 0 Å². The summed E-state index contributed by atoms with van der Waals surface area (Å²) in [6.07, 6.45) is 1.95. The van der Waals surface area contributed by atoms with E-state index in [1.807, 2.05) is 16.2 Å². The minimum absolute atomic E-state index is 0.0855. The van der Waals surface area contributed by atoms with Crippen LogP contribution in [0.4, 0.5) is 0 Å². The van der Waals surface area contributed by atoms with E-state index < -0.39 is 15.9 Å². The quantitative estimate of drug-likeness (QED) is 0.884. The van der Waals surface area contributed by atoms with Gasteiger partial charge >= 0.3 is 0 Å². The maximum Gasteiger partial charge on any atom is 0.257 e. The summed E-state index contributed by atoms with van der Waals surface area (Å²) in [7, 11) is -3.77. The summed E-state index contributed by atoms with van der Waals surface area (Å²) in [5.41, 5.74) is 3.21. The molecule has 2 rings (SSSR count). The van der Waals surface area contributed by atoms with Crippen LogP contribution >= 0.6 is 11.3 Å². The van der Waals surface area contributed by atoms with E-state index in [-0.39, 0.29) is 6.42 Å². The standard InChI is InChI=1S/C14H14N2O3S2/c17-14(7-6-13-10-20-11-15-13)16-21(18,19)9-8-12-4-2-1-3-5-12/h1-5,8-11H,6-7H2,(H,16,17)/b9-8+. The Bertz CT molecular complexity index is 708. The molecular weight excluding hydrogens is 308 g/mol. The molecule has 2 aromatic rings. The van der Waals surface area contributed by atoms with E-state index in [9.17, 15) is 13.2 Å². The lowest BCUT2D eigenvalue weighted by atomic mass is 10.2.